The van der Waals surface area contributed by atoms with Crippen LogP contribution in [0.15, 0.2) is 60.7 Å². The van der Waals surface area contributed by atoms with E-state index in [9.17, 15) is 19.5 Å². The third kappa shape index (κ3) is 9.25. The molecule has 5 N–H and O–H groups in total. The number of nitrogens with two attached hydrogens (primary N) is 1. The molecule has 0 aliphatic heterocycles. The highest BCUT2D eigenvalue weighted by molar-refractivity contribution is 5.94. The smallest absolute Gasteiger partial charge is 0.243 e. The molecule has 4 atom stereocenters. The maximum atomic E-state index is 13.1. The molecule has 4 unspecified atom stereocenters. The van der Waals surface area contributed by atoms with Gasteiger partial charge in [0, 0.05) is 0 Å². The van der Waals surface area contributed by atoms with Crippen molar-refractivity contribution in [3.63, 3.8) is 0 Å². The Morgan fingerprint density at radius 1 is 0.912 bits per heavy atom. The van der Waals surface area contributed by atoms with Gasteiger partial charge in [-0.2, -0.15) is 0 Å². The SMILES string of the molecule is CCC(C)C(NC(=O)C(N)Cc1ccccc1)C(=O)NC(CCc1ccccc1)C(=O)CO.Cl. The Hall–Kier alpha value is -2.74. The Labute approximate surface area is 207 Å². The fraction of sp³-hybridized carbons (Fsp3) is 0.423. The summed E-state index contributed by atoms with van der Waals surface area (Å²) in [4.78, 5) is 38.1. The molecule has 7 nitrogen and oxygen atoms in total. The standard InChI is InChI=1S/C26H35N3O4.ClH/c1-3-18(2)24(29-25(32)21(27)16-20-12-8-5-9-13-20)26(33)28-22(23(31)17-30)15-14-19-10-6-4-7-11-19;/h4-13,18,21-22,24,30H,3,14-17,27H2,1-2H3,(H,28,33)(H,29,32);1H. The van der Waals surface area contributed by atoms with E-state index in [-0.39, 0.29) is 18.3 Å². The first-order valence-corrected chi connectivity index (χ1v) is 11.4. The van der Waals surface area contributed by atoms with Gasteiger partial charge in [-0.3, -0.25) is 14.4 Å². The average Bonchev–Trinajstić information content (AvgIpc) is 2.84. The molecule has 0 heterocycles. The second-order valence-corrected chi connectivity index (χ2v) is 8.38. The summed E-state index contributed by atoms with van der Waals surface area (Å²) in [6.07, 6.45) is 1.92. The molecule has 0 bridgehead atoms. The summed E-state index contributed by atoms with van der Waals surface area (Å²) in [5.74, 6) is -1.51. The van der Waals surface area contributed by atoms with Crippen LogP contribution in [0, 0.1) is 5.92 Å². The average molecular weight is 490 g/mol. The fourth-order valence-electron chi connectivity index (χ4n) is 3.56. The van der Waals surface area contributed by atoms with Crippen LogP contribution in [0.5, 0.6) is 0 Å². The molecule has 2 aromatic rings. The van der Waals surface area contributed by atoms with Crippen LogP contribution in [0.25, 0.3) is 0 Å². The van der Waals surface area contributed by atoms with Crippen molar-refractivity contribution >= 4 is 30.0 Å². The molecule has 0 aliphatic rings. The first-order chi connectivity index (χ1) is 15.8. The first-order valence-electron chi connectivity index (χ1n) is 11.4. The molecule has 2 amide bonds. The summed E-state index contributed by atoms with van der Waals surface area (Å²) in [5, 5.41) is 14.9. The van der Waals surface area contributed by atoms with E-state index < -0.39 is 42.3 Å². The van der Waals surface area contributed by atoms with Gasteiger partial charge in [0.15, 0.2) is 5.78 Å². The topological polar surface area (TPSA) is 122 Å². The van der Waals surface area contributed by atoms with Crippen LogP contribution < -0.4 is 16.4 Å². The van der Waals surface area contributed by atoms with Crippen LogP contribution in [0.2, 0.25) is 0 Å². The molecule has 186 valence electrons. The van der Waals surface area contributed by atoms with Crippen LogP contribution in [-0.2, 0) is 27.2 Å². The van der Waals surface area contributed by atoms with Gasteiger partial charge in [0.25, 0.3) is 0 Å². The highest BCUT2D eigenvalue weighted by atomic mass is 35.5. The lowest BCUT2D eigenvalue weighted by Crippen LogP contribution is -2.57. The van der Waals surface area contributed by atoms with Crippen LogP contribution in [-0.4, -0.2) is 47.4 Å². The second-order valence-electron chi connectivity index (χ2n) is 8.38. The molecule has 2 rings (SSSR count). The Kier molecular flexibility index (Phi) is 13.1. The van der Waals surface area contributed by atoms with E-state index >= 15 is 0 Å². The van der Waals surface area contributed by atoms with Crippen molar-refractivity contribution in [1.82, 2.24) is 10.6 Å². The van der Waals surface area contributed by atoms with Crippen molar-refractivity contribution in [1.29, 1.82) is 0 Å². The lowest BCUT2D eigenvalue weighted by molar-refractivity contribution is -0.133. The van der Waals surface area contributed by atoms with Gasteiger partial charge in [-0.05, 0) is 36.3 Å². The molecule has 0 saturated carbocycles. The van der Waals surface area contributed by atoms with Crippen molar-refractivity contribution in [3.05, 3.63) is 71.8 Å². The Balaban J connectivity index is 0.00000578. The fourth-order valence-corrected chi connectivity index (χ4v) is 3.56. The van der Waals surface area contributed by atoms with Crippen molar-refractivity contribution < 1.29 is 19.5 Å². The van der Waals surface area contributed by atoms with Crippen molar-refractivity contribution in [2.75, 3.05) is 6.61 Å². The molecule has 34 heavy (non-hydrogen) atoms. The van der Waals surface area contributed by atoms with E-state index in [1.54, 1.807) is 0 Å². The minimum Gasteiger partial charge on any atom is -0.389 e. The van der Waals surface area contributed by atoms with E-state index in [4.69, 9.17) is 5.73 Å². The molecule has 0 spiro atoms. The summed E-state index contributed by atoms with van der Waals surface area (Å²) in [7, 11) is 0. The Bertz CT molecular complexity index is 895. The number of amides is 2. The van der Waals surface area contributed by atoms with Gasteiger partial charge < -0.3 is 21.5 Å². The number of aryl methyl sites for hydroxylation is 1. The number of aliphatic hydroxyl groups is 1. The van der Waals surface area contributed by atoms with Crippen molar-refractivity contribution in [2.45, 2.75) is 57.7 Å². The summed E-state index contributed by atoms with van der Waals surface area (Å²) in [5.41, 5.74) is 8.05. The highest BCUT2D eigenvalue weighted by Gasteiger charge is 2.30. The van der Waals surface area contributed by atoms with E-state index in [0.717, 1.165) is 11.1 Å². The van der Waals surface area contributed by atoms with E-state index in [1.807, 2.05) is 74.5 Å². The van der Waals surface area contributed by atoms with Gasteiger partial charge in [-0.15, -0.1) is 12.4 Å². The second kappa shape index (κ2) is 15.2. The molecular formula is C26H36ClN3O4. The molecule has 0 saturated heterocycles. The van der Waals surface area contributed by atoms with Crippen LogP contribution in [0.1, 0.15) is 37.8 Å². The minimum absolute atomic E-state index is 0. The summed E-state index contributed by atoms with van der Waals surface area (Å²) >= 11 is 0. The number of carbonyl (C=O) groups is 3. The van der Waals surface area contributed by atoms with Crippen molar-refractivity contribution in [3.8, 4) is 0 Å². The number of hydrogen-bond donors (Lipinski definition) is 4. The highest BCUT2D eigenvalue weighted by Crippen LogP contribution is 2.12. The predicted molar refractivity (Wildman–Crippen MR) is 136 cm³/mol. The number of halogens is 1. The molecule has 0 aromatic heterocycles. The van der Waals surface area contributed by atoms with Gasteiger partial charge >= 0.3 is 0 Å². The largest absolute Gasteiger partial charge is 0.389 e. The van der Waals surface area contributed by atoms with E-state index in [2.05, 4.69) is 10.6 Å². The van der Waals surface area contributed by atoms with Gasteiger partial charge in [-0.1, -0.05) is 80.9 Å². The number of nitrogens with one attached hydrogen (secondary N) is 2. The van der Waals surface area contributed by atoms with Crippen LogP contribution in [0.4, 0.5) is 0 Å². The summed E-state index contributed by atoms with van der Waals surface area (Å²) in [6.45, 7) is 3.12. The third-order valence-electron chi connectivity index (χ3n) is 5.85. The first kappa shape index (κ1) is 29.3. The van der Waals surface area contributed by atoms with E-state index in [1.165, 1.54) is 0 Å². The van der Waals surface area contributed by atoms with Crippen LogP contribution in [0.3, 0.4) is 0 Å². The van der Waals surface area contributed by atoms with Crippen molar-refractivity contribution in [2.24, 2.45) is 11.7 Å². The summed E-state index contributed by atoms with van der Waals surface area (Å²) < 4.78 is 0. The molecule has 2 aromatic carbocycles. The lowest BCUT2D eigenvalue weighted by Gasteiger charge is -2.27. The number of aliphatic hydroxyl groups excluding tert-OH is 1. The molecule has 0 aliphatic carbocycles. The Morgan fingerprint density at radius 3 is 2.00 bits per heavy atom. The Morgan fingerprint density at radius 2 is 1.47 bits per heavy atom. The van der Waals surface area contributed by atoms with E-state index in [0.29, 0.717) is 25.7 Å². The number of carbonyl (C=O) groups excluding carboxylic acids is 3. The normalized spacial score (nSPS) is 14.1. The zero-order chi connectivity index (χ0) is 24.2. The zero-order valence-corrected chi connectivity index (χ0v) is 20.6. The van der Waals surface area contributed by atoms with Crippen LogP contribution >= 0.6 is 12.4 Å². The van der Waals surface area contributed by atoms with Gasteiger partial charge in [-0.25, -0.2) is 0 Å². The van der Waals surface area contributed by atoms with Gasteiger partial charge in [0.05, 0.1) is 12.1 Å². The monoisotopic (exact) mass is 489 g/mol. The lowest BCUT2D eigenvalue weighted by atomic mass is 9.96. The third-order valence-corrected chi connectivity index (χ3v) is 5.85. The zero-order valence-electron chi connectivity index (χ0n) is 19.8. The molecular weight excluding hydrogens is 454 g/mol. The predicted octanol–water partition coefficient (Wildman–Crippen LogP) is 2.19. The molecule has 0 fully saturated rings. The maximum Gasteiger partial charge on any atom is 0.243 e. The van der Waals surface area contributed by atoms with Gasteiger partial charge in [0.1, 0.15) is 12.6 Å². The quantitative estimate of drug-likeness (QED) is 0.343. The summed E-state index contributed by atoms with van der Waals surface area (Å²) in [6, 6.07) is 16.5. The number of rotatable bonds is 13. The molecule has 0 radical (unpaired) electrons. The minimum atomic E-state index is -0.843. The number of benzene rings is 2. The number of hydrogen-bond acceptors (Lipinski definition) is 5. The maximum absolute atomic E-state index is 13.1. The number of Topliss-reactive ketones (excluding diaryl/α,β-unsaturated/α-hetero) is 1. The number of ketones is 1. The van der Waals surface area contributed by atoms with Gasteiger partial charge in [0.2, 0.25) is 11.8 Å². The molecule has 8 heteroatoms.